The van der Waals surface area contributed by atoms with Crippen LogP contribution in [0.4, 0.5) is 0 Å². The normalized spacial score (nSPS) is 10.7. The van der Waals surface area contributed by atoms with E-state index in [4.69, 9.17) is 4.74 Å². The minimum absolute atomic E-state index is 0.0904. The minimum Gasteiger partial charge on any atom is -0.481 e. The monoisotopic (exact) mass is 366 g/mol. The van der Waals surface area contributed by atoms with Gasteiger partial charge in [-0.05, 0) is 60.0 Å². The summed E-state index contributed by atoms with van der Waals surface area (Å²) in [6.07, 6.45) is 0. The van der Waals surface area contributed by atoms with Crippen molar-refractivity contribution in [3.63, 3.8) is 0 Å². The fraction of sp³-hybridized carbons (Fsp3) is 0.238. The summed E-state index contributed by atoms with van der Waals surface area (Å²) in [6.45, 7) is 4.55. The Morgan fingerprint density at radius 2 is 1.92 bits per heavy atom. The van der Waals surface area contributed by atoms with Crippen LogP contribution in [0.1, 0.15) is 28.5 Å². The molecular weight excluding hydrogens is 344 g/mol. The summed E-state index contributed by atoms with van der Waals surface area (Å²) in [7, 11) is 1.60. The van der Waals surface area contributed by atoms with Gasteiger partial charge in [-0.25, -0.2) is 4.98 Å². The topological polar surface area (TPSA) is 51.2 Å². The highest BCUT2D eigenvalue weighted by molar-refractivity contribution is 7.99. The van der Waals surface area contributed by atoms with Crippen molar-refractivity contribution in [1.29, 1.82) is 0 Å². The first kappa shape index (κ1) is 18.3. The lowest BCUT2D eigenvalue weighted by atomic mass is 10.1. The van der Waals surface area contributed by atoms with Gasteiger partial charge in [0.1, 0.15) is 0 Å². The van der Waals surface area contributed by atoms with Crippen LogP contribution in [-0.2, 0) is 6.54 Å². The van der Waals surface area contributed by atoms with Gasteiger partial charge in [-0.3, -0.25) is 4.79 Å². The Bertz CT molecular complexity index is 923. The number of hydrogen-bond acceptors (Lipinski definition) is 4. The maximum absolute atomic E-state index is 12.5. The van der Waals surface area contributed by atoms with Crippen LogP contribution in [0.25, 0.3) is 10.8 Å². The number of aryl methyl sites for hydroxylation is 1. The van der Waals surface area contributed by atoms with Gasteiger partial charge in [0.25, 0.3) is 5.91 Å². The van der Waals surface area contributed by atoms with Crippen LogP contribution in [-0.4, -0.2) is 23.8 Å². The third kappa shape index (κ3) is 4.17. The van der Waals surface area contributed by atoms with Crippen LogP contribution in [0.3, 0.4) is 0 Å². The number of carbonyl (C=O) groups is 1. The second-order valence-corrected chi connectivity index (χ2v) is 7.31. The standard InChI is InChI=1S/C21H22N2O2S/c1-4-26-18-8-5-15(6-9-18)13-22-20(24)16-7-10-19-17(12-16)11-14(2)23-21(19)25-3/h5-12H,4,13H2,1-3H3,(H,22,24). The second-order valence-electron chi connectivity index (χ2n) is 5.97. The molecule has 134 valence electrons. The SMILES string of the molecule is CCSc1ccc(CNC(=O)c2ccc3c(OC)nc(C)cc3c2)cc1. The van der Waals surface area contributed by atoms with Gasteiger partial charge in [0.15, 0.2) is 0 Å². The summed E-state index contributed by atoms with van der Waals surface area (Å²) in [4.78, 5) is 18.1. The first-order valence-electron chi connectivity index (χ1n) is 8.56. The van der Waals surface area contributed by atoms with Gasteiger partial charge in [-0.2, -0.15) is 0 Å². The number of hydrogen-bond donors (Lipinski definition) is 1. The van der Waals surface area contributed by atoms with E-state index >= 15 is 0 Å². The zero-order valence-corrected chi connectivity index (χ0v) is 16.0. The highest BCUT2D eigenvalue weighted by atomic mass is 32.2. The van der Waals surface area contributed by atoms with Gasteiger partial charge >= 0.3 is 0 Å². The molecule has 5 heteroatoms. The average Bonchev–Trinajstić information content (AvgIpc) is 2.66. The Morgan fingerprint density at radius 3 is 2.62 bits per heavy atom. The van der Waals surface area contributed by atoms with Crippen molar-refractivity contribution in [2.24, 2.45) is 0 Å². The van der Waals surface area contributed by atoms with Crippen molar-refractivity contribution >= 4 is 28.4 Å². The van der Waals surface area contributed by atoms with E-state index in [0.717, 1.165) is 27.8 Å². The maximum atomic E-state index is 12.5. The lowest BCUT2D eigenvalue weighted by Gasteiger charge is -2.09. The van der Waals surface area contributed by atoms with Gasteiger partial charge in [0.05, 0.1) is 7.11 Å². The summed E-state index contributed by atoms with van der Waals surface area (Å²) in [6, 6.07) is 15.8. The van der Waals surface area contributed by atoms with Crippen molar-refractivity contribution in [3.05, 3.63) is 65.4 Å². The van der Waals surface area contributed by atoms with Gasteiger partial charge in [-0.15, -0.1) is 11.8 Å². The predicted octanol–water partition coefficient (Wildman–Crippen LogP) is 4.59. The van der Waals surface area contributed by atoms with Crippen LogP contribution >= 0.6 is 11.8 Å². The lowest BCUT2D eigenvalue weighted by Crippen LogP contribution is -2.22. The Balaban J connectivity index is 1.73. The van der Waals surface area contributed by atoms with E-state index in [2.05, 4.69) is 41.5 Å². The number of thioether (sulfide) groups is 1. The van der Waals surface area contributed by atoms with E-state index in [0.29, 0.717) is 18.0 Å². The molecule has 0 fully saturated rings. The molecule has 1 aromatic heterocycles. The first-order chi connectivity index (χ1) is 12.6. The Kier molecular flexibility index (Phi) is 5.78. The molecule has 0 bridgehead atoms. The first-order valence-corrected chi connectivity index (χ1v) is 9.54. The Morgan fingerprint density at radius 1 is 1.15 bits per heavy atom. The number of pyridine rings is 1. The van der Waals surface area contributed by atoms with Crippen molar-refractivity contribution in [1.82, 2.24) is 10.3 Å². The van der Waals surface area contributed by atoms with Gasteiger partial charge < -0.3 is 10.1 Å². The van der Waals surface area contributed by atoms with E-state index < -0.39 is 0 Å². The molecule has 0 saturated carbocycles. The number of fused-ring (bicyclic) bond motifs is 1. The largest absolute Gasteiger partial charge is 0.481 e. The van der Waals surface area contributed by atoms with Gasteiger partial charge in [0.2, 0.25) is 5.88 Å². The van der Waals surface area contributed by atoms with Crippen molar-refractivity contribution < 1.29 is 9.53 Å². The molecule has 0 unspecified atom stereocenters. The summed E-state index contributed by atoms with van der Waals surface area (Å²) in [5.41, 5.74) is 2.57. The molecule has 26 heavy (non-hydrogen) atoms. The number of amides is 1. The van der Waals surface area contributed by atoms with Crippen LogP contribution in [0, 0.1) is 6.92 Å². The zero-order valence-electron chi connectivity index (χ0n) is 15.2. The van der Waals surface area contributed by atoms with Crippen LogP contribution in [0.15, 0.2) is 53.4 Å². The molecular formula is C21H22N2O2S. The van der Waals surface area contributed by atoms with Crippen LogP contribution in [0.2, 0.25) is 0 Å². The average molecular weight is 366 g/mol. The fourth-order valence-corrected chi connectivity index (χ4v) is 3.47. The molecule has 2 aromatic carbocycles. The number of aromatic nitrogens is 1. The van der Waals surface area contributed by atoms with Crippen molar-refractivity contribution in [2.75, 3.05) is 12.9 Å². The lowest BCUT2D eigenvalue weighted by molar-refractivity contribution is 0.0951. The molecule has 1 amide bonds. The number of benzene rings is 2. The second kappa shape index (κ2) is 8.23. The van der Waals surface area contributed by atoms with E-state index in [1.54, 1.807) is 13.2 Å². The highest BCUT2D eigenvalue weighted by Gasteiger charge is 2.10. The molecule has 0 radical (unpaired) electrons. The molecule has 3 aromatic rings. The fourth-order valence-electron chi connectivity index (χ4n) is 2.81. The highest BCUT2D eigenvalue weighted by Crippen LogP contribution is 2.25. The Labute approximate surface area is 158 Å². The van der Waals surface area contributed by atoms with E-state index in [9.17, 15) is 4.79 Å². The van der Waals surface area contributed by atoms with Gasteiger partial charge in [0, 0.05) is 28.1 Å². The molecule has 3 rings (SSSR count). The molecule has 0 saturated heterocycles. The molecule has 0 aliphatic heterocycles. The predicted molar refractivity (Wildman–Crippen MR) is 107 cm³/mol. The van der Waals surface area contributed by atoms with Crippen molar-refractivity contribution in [3.8, 4) is 5.88 Å². The quantitative estimate of drug-likeness (QED) is 0.648. The summed E-state index contributed by atoms with van der Waals surface area (Å²) in [5, 5.41) is 4.83. The molecule has 1 heterocycles. The van der Waals surface area contributed by atoms with Crippen LogP contribution < -0.4 is 10.1 Å². The minimum atomic E-state index is -0.0904. The van der Waals surface area contributed by atoms with Crippen LogP contribution in [0.5, 0.6) is 5.88 Å². The van der Waals surface area contributed by atoms with E-state index in [1.165, 1.54) is 4.90 Å². The number of ether oxygens (including phenoxy) is 1. The third-order valence-electron chi connectivity index (χ3n) is 4.07. The molecule has 0 aliphatic carbocycles. The third-order valence-corrected chi connectivity index (χ3v) is 4.96. The summed E-state index contributed by atoms with van der Waals surface area (Å²) in [5.74, 6) is 1.54. The molecule has 1 N–H and O–H groups in total. The number of rotatable bonds is 6. The molecule has 0 spiro atoms. The number of nitrogens with one attached hydrogen (secondary N) is 1. The number of methoxy groups -OCH3 is 1. The van der Waals surface area contributed by atoms with Gasteiger partial charge in [-0.1, -0.05) is 19.1 Å². The van der Waals surface area contributed by atoms with E-state index in [1.807, 2.05) is 36.9 Å². The number of nitrogens with zero attached hydrogens (tertiary/aromatic N) is 1. The maximum Gasteiger partial charge on any atom is 0.251 e. The molecule has 4 nitrogen and oxygen atoms in total. The van der Waals surface area contributed by atoms with Crippen molar-refractivity contribution in [2.45, 2.75) is 25.3 Å². The molecule has 0 aliphatic rings. The Hall–Kier alpha value is -2.53. The molecule has 0 atom stereocenters. The van der Waals surface area contributed by atoms with E-state index in [-0.39, 0.29) is 5.91 Å². The summed E-state index contributed by atoms with van der Waals surface area (Å²) >= 11 is 1.81. The smallest absolute Gasteiger partial charge is 0.251 e. The zero-order chi connectivity index (χ0) is 18.5. The summed E-state index contributed by atoms with van der Waals surface area (Å²) < 4.78 is 5.33. The number of carbonyl (C=O) groups excluding carboxylic acids is 1.